The first-order valence-corrected chi connectivity index (χ1v) is 7.10. The van der Waals surface area contributed by atoms with Crippen LogP contribution in [0.2, 0.25) is 0 Å². The maximum Gasteiger partial charge on any atom is 0.208 e. The molecule has 1 fully saturated rings. The van der Waals surface area contributed by atoms with E-state index in [1.165, 1.54) is 6.26 Å². The topological polar surface area (TPSA) is 55.4 Å². The average molecular weight is 225 g/mol. The van der Waals surface area contributed by atoms with E-state index in [0.717, 1.165) is 17.9 Å². The highest BCUT2D eigenvalue weighted by Gasteiger charge is 2.34. The summed E-state index contributed by atoms with van der Waals surface area (Å²) < 4.78 is 29.6. The molecule has 1 saturated heterocycles. The number of sulfonamides is 1. The van der Waals surface area contributed by atoms with Crippen molar-refractivity contribution in [2.75, 3.05) is 31.4 Å². The number of thioether (sulfide) groups is 1. The molecule has 0 bridgehead atoms. The minimum atomic E-state index is -3.10. The van der Waals surface area contributed by atoms with Gasteiger partial charge in [0.1, 0.15) is 0 Å². The number of methoxy groups -OCH3 is 1. The van der Waals surface area contributed by atoms with Crippen molar-refractivity contribution in [1.29, 1.82) is 0 Å². The van der Waals surface area contributed by atoms with Gasteiger partial charge >= 0.3 is 0 Å². The number of ether oxygens (including phenoxy) is 1. The van der Waals surface area contributed by atoms with Crippen LogP contribution in [0.4, 0.5) is 0 Å². The second-order valence-electron chi connectivity index (χ2n) is 3.28. The van der Waals surface area contributed by atoms with E-state index in [1.54, 1.807) is 18.9 Å². The molecule has 1 heterocycles. The van der Waals surface area contributed by atoms with Gasteiger partial charge in [0, 0.05) is 19.4 Å². The summed E-state index contributed by atoms with van der Waals surface area (Å²) in [6.07, 6.45) is 2.08. The summed E-state index contributed by atoms with van der Waals surface area (Å²) in [5.41, 5.74) is -0.284. The normalized spacial score (nSPS) is 29.4. The predicted molar refractivity (Wildman–Crippen MR) is 54.5 cm³/mol. The molecule has 4 nitrogen and oxygen atoms in total. The van der Waals surface area contributed by atoms with Crippen LogP contribution in [0.1, 0.15) is 6.42 Å². The van der Waals surface area contributed by atoms with Gasteiger partial charge < -0.3 is 4.74 Å². The van der Waals surface area contributed by atoms with Crippen molar-refractivity contribution in [2.45, 2.75) is 12.0 Å². The highest BCUT2D eigenvalue weighted by atomic mass is 32.2. The zero-order valence-electron chi connectivity index (χ0n) is 7.87. The van der Waals surface area contributed by atoms with Crippen molar-refractivity contribution in [3.05, 3.63) is 0 Å². The van der Waals surface area contributed by atoms with Gasteiger partial charge in [-0.25, -0.2) is 13.1 Å². The minimum Gasteiger partial charge on any atom is -0.376 e. The van der Waals surface area contributed by atoms with Crippen LogP contribution >= 0.6 is 11.8 Å². The zero-order valence-corrected chi connectivity index (χ0v) is 9.50. The number of hydrogen-bond donors (Lipinski definition) is 1. The first-order valence-electron chi connectivity index (χ1n) is 4.05. The van der Waals surface area contributed by atoms with E-state index in [-0.39, 0.29) is 5.60 Å². The van der Waals surface area contributed by atoms with Crippen molar-refractivity contribution in [3.63, 3.8) is 0 Å². The van der Waals surface area contributed by atoms with E-state index in [0.29, 0.717) is 6.54 Å². The minimum absolute atomic E-state index is 0.284. The first-order chi connectivity index (χ1) is 5.97. The molecule has 6 heteroatoms. The standard InChI is InChI=1S/C7H15NO3S2/c1-11-7(3-4-12-6-7)5-8-13(2,9)10/h8H,3-6H2,1-2H3/t7-/m0/s1. The molecular formula is C7H15NO3S2. The number of nitrogens with one attached hydrogen (secondary N) is 1. The van der Waals surface area contributed by atoms with Gasteiger partial charge in [-0.05, 0) is 12.2 Å². The van der Waals surface area contributed by atoms with Crippen molar-refractivity contribution < 1.29 is 13.2 Å². The van der Waals surface area contributed by atoms with Gasteiger partial charge in [-0.2, -0.15) is 11.8 Å². The molecule has 1 atom stereocenters. The molecule has 1 aliphatic rings. The Morgan fingerprint density at radius 2 is 2.31 bits per heavy atom. The Bertz CT molecular complexity index is 257. The average Bonchev–Trinajstić information content (AvgIpc) is 2.49. The lowest BCUT2D eigenvalue weighted by molar-refractivity contribution is 0.0179. The molecule has 0 saturated carbocycles. The second kappa shape index (κ2) is 4.16. The third-order valence-corrected chi connectivity index (χ3v) is 4.05. The monoisotopic (exact) mass is 225 g/mol. The van der Waals surface area contributed by atoms with Crippen molar-refractivity contribution in [3.8, 4) is 0 Å². The number of rotatable bonds is 4. The fourth-order valence-corrected chi connectivity index (χ4v) is 3.15. The van der Waals surface area contributed by atoms with Gasteiger partial charge in [0.15, 0.2) is 0 Å². The molecule has 0 spiro atoms. The second-order valence-corrected chi connectivity index (χ2v) is 6.22. The quantitative estimate of drug-likeness (QED) is 0.735. The molecule has 0 amide bonds. The molecule has 0 aromatic heterocycles. The maximum absolute atomic E-state index is 10.9. The molecule has 0 radical (unpaired) electrons. The summed E-state index contributed by atoms with van der Waals surface area (Å²) in [5.74, 6) is 1.91. The van der Waals surface area contributed by atoms with Crippen molar-refractivity contribution >= 4 is 21.8 Å². The highest BCUT2D eigenvalue weighted by Crippen LogP contribution is 2.30. The molecule has 1 N–H and O–H groups in total. The van der Waals surface area contributed by atoms with E-state index in [9.17, 15) is 8.42 Å². The smallest absolute Gasteiger partial charge is 0.208 e. The lowest BCUT2D eigenvalue weighted by Gasteiger charge is -2.26. The van der Waals surface area contributed by atoms with Crippen LogP contribution < -0.4 is 4.72 Å². The fourth-order valence-electron chi connectivity index (χ4n) is 1.22. The van der Waals surface area contributed by atoms with Crippen molar-refractivity contribution in [1.82, 2.24) is 4.72 Å². The third kappa shape index (κ3) is 3.46. The SMILES string of the molecule is CO[C@]1(CNS(C)(=O)=O)CCSC1. The van der Waals surface area contributed by atoms with E-state index in [4.69, 9.17) is 4.74 Å². The van der Waals surface area contributed by atoms with Crippen molar-refractivity contribution in [2.24, 2.45) is 0 Å². The van der Waals surface area contributed by atoms with Crippen LogP contribution in [0, 0.1) is 0 Å². The van der Waals surface area contributed by atoms with Gasteiger partial charge in [-0.1, -0.05) is 0 Å². The maximum atomic E-state index is 10.9. The number of hydrogen-bond acceptors (Lipinski definition) is 4. The lowest BCUT2D eigenvalue weighted by Crippen LogP contribution is -2.44. The zero-order chi connectivity index (χ0) is 9.95. The van der Waals surface area contributed by atoms with Crippen LogP contribution in [-0.4, -0.2) is 45.4 Å². The van der Waals surface area contributed by atoms with Crippen LogP contribution in [0.3, 0.4) is 0 Å². The van der Waals surface area contributed by atoms with Gasteiger partial charge in [-0.15, -0.1) is 0 Å². The van der Waals surface area contributed by atoms with Gasteiger partial charge in [0.2, 0.25) is 10.0 Å². The summed E-state index contributed by atoms with van der Waals surface area (Å²) in [6, 6.07) is 0. The molecule has 1 aliphatic heterocycles. The Morgan fingerprint density at radius 1 is 1.62 bits per heavy atom. The Morgan fingerprint density at radius 3 is 2.69 bits per heavy atom. The Labute approximate surface area is 83.5 Å². The molecular weight excluding hydrogens is 210 g/mol. The van der Waals surface area contributed by atoms with Crippen LogP contribution in [0.5, 0.6) is 0 Å². The molecule has 0 unspecified atom stereocenters. The van der Waals surface area contributed by atoms with E-state index in [2.05, 4.69) is 4.72 Å². The Balaban J connectivity index is 2.50. The van der Waals surface area contributed by atoms with E-state index >= 15 is 0 Å². The summed E-state index contributed by atoms with van der Waals surface area (Å²) in [4.78, 5) is 0. The predicted octanol–water partition coefficient (Wildman–Crippen LogP) is 0.0577. The molecule has 13 heavy (non-hydrogen) atoms. The molecule has 0 aliphatic carbocycles. The van der Waals surface area contributed by atoms with Crippen LogP contribution in [0.25, 0.3) is 0 Å². The van der Waals surface area contributed by atoms with Gasteiger partial charge in [-0.3, -0.25) is 0 Å². The summed E-state index contributed by atoms with van der Waals surface area (Å²) in [5, 5.41) is 0. The Hall–Kier alpha value is 0.220. The van der Waals surface area contributed by atoms with E-state index < -0.39 is 10.0 Å². The van der Waals surface area contributed by atoms with Gasteiger partial charge in [0.25, 0.3) is 0 Å². The third-order valence-electron chi connectivity index (χ3n) is 2.16. The van der Waals surface area contributed by atoms with E-state index in [1.807, 2.05) is 0 Å². The van der Waals surface area contributed by atoms with Gasteiger partial charge in [0.05, 0.1) is 11.9 Å². The van der Waals surface area contributed by atoms with Crippen LogP contribution in [-0.2, 0) is 14.8 Å². The van der Waals surface area contributed by atoms with Crippen LogP contribution in [0.15, 0.2) is 0 Å². The summed E-state index contributed by atoms with van der Waals surface area (Å²) in [7, 11) is -1.46. The molecule has 78 valence electrons. The Kier molecular flexibility index (Phi) is 3.62. The summed E-state index contributed by atoms with van der Waals surface area (Å²) >= 11 is 1.80. The largest absolute Gasteiger partial charge is 0.376 e. The summed E-state index contributed by atoms with van der Waals surface area (Å²) in [6.45, 7) is 0.384. The highest BCUT2D eigenvalue weighted by molar-refractivity contribution is 7.99. The lowest BCUT2D eigenvalue weighted by atomic mass is 10.0. The fraction of sp³-hybridized carbons (Fsp3) is 1.00. The molecule has 0 aromatic rings. The first kappa shape index (κ1) is 11.3. The molecule has 0 aromatic carbocycles. The molecule has 1 rings (SSSR count).